The maximum absolute atomic E-state index is 12.9. The van der Waals surface area contributed by atoms with Crippen molar-refractivity contribution in [1.29, 1.82) is 0 Å². The lowest BCUT2D eigenvalue weighted by atomic mass is 10.2. The second-order valence-electron chi connectivity index (χ2n) is 6.93. The lowest BCUT2D eigenvalue weighted by Crippen LogP contribution is -2.36. The van der Waals surface area contributed by atoms with Crippen LogP contribution in [0.1, 0.15) is 17.0 Å². The summed E-state index contributed by atoms with van der Waals surface area (Å²) in [6, 6.07) is 19.7. The molecular weight excluding hydrogens is 381 g/mol. The minimum Gasteiger partial charge on any atom is -0.338 e. The minimum absolute atomic E-state index is 0.275. The van der Waals surface area contributed by atoms with Crippen LogP contribution in [0.2, 0.25) is 0 Å². The molecule has 0 spiro atoms. The molecule has 4 aromatic rings. The number of amides is 2. The predicted octanol–water partition coefficient (Wildman–Crippen LogP) is 3.66. The highest BCUT2D eigenvalue weighted by atomic mass is 19.1. The Hall–Kier alpha value is -3.74. The van der Waals surface area contributed by atoms with E-state index in [1.165, 1.54) is 12.1 Å². The van der Waals surface area contributed by atoms with E-state index in [1.54, 1.807) is 18.3 Å². The molecule has 0 saturated heterocycles. The van der Waals surface area contributed by atoms with Gasteiger partial charge in [0.05, 0.1) is 6.54 Å². The fourth-order valence-electron chi connectivity index (χ4n) is 3.26. The van der Waals surface area contributed by atoms with Crippen LogP contribution in [0.5, 0.6) is 0 Å². The molecular formula is C23H22FN5O. The molecule has 0 unspecified atom stereocenters. The summed E-state index contributed by atoms with van der Waals surface area (Å²) in [5.41, 5.74) is 3.66. The van der Waals surface area contributed by atoms with Crippen molar-refractivity contribution in [3.63, 3.8) is 0 Å². The number of nitrogens with zero attached hydrogens (tertiary/aromatic N) is 3. The number of pyridine rings is 1. The molecule has 2 N–H and O–H groups in total. The highest BCUT2D eigenvalue weighted by Crippen LogP contribution is 2.16. The molecule has 0 aliphatic rings. The van der Waals surface area contributed by atoms with Crippen molar-refractivity contribution >= 4 is 17.2 Å². The van der Waals surface area contributed by atoms with Gasteiger partial charge in [-0.2, -0.15) is 0 Å². The van der Waals surface area contributed by atoms with Crippen molar-refractivity contribution in [2.45, 2.75) is 19.5 Å². The Balaban J connectivity index is 1.38. The topological polar surface area (TPSA) is 71.8 Å². The van der Waals surface area contributed by atoms with Crippen molar-refractivity contribution in [1.82, 2.24) is 25.2 Å². The summed E-state index contributed by atoms with van der Waals surface area (Å²) in [6.45, 7) is 1.44. The number of nitrogens with one attached hydrogen (secondary N) is 2. The first-order chi connectivity index (χ1) is 14.7. The first kappa shape index (κ1) is 19.6. The van der Waals surface area contributed by atoms with Gasteiger partial charge in [-0.15, -0.1) is 0 Å². The van der Waals surface area contributed by atoms with E-state index >= 15 is 0 Å². The second kappa shape index (κ2) is 9.17. The van der Waals surface area contributed by atoms with Crippen LogP contribution in [0.4, 0.5) is 9.18 Å². The van der Waals surface area contributed by atoms with Crippen LogP contribution in [0, 0.1) is 5.82 Å². The molecule has 2 aromatic heterocycles. The minimum atomic E-state index is -0.295. The van der Waals surface area contributed by atoms with Crippen LogP contribution >= 0.6 is 0 Å². The summed E-state index contributed by atoms with van der Waals surface area (Å²) in [7, 11) is 0. The number of carbonyl (C=O) groups excluding carboxylic acids is 1. The van der Waals surface area contributed by atoms with Crippen molar-refractivity contribution < 1.29 is 9.18 Å². The van der Waals surface area contributed by atoms with Crippen molar-refractivity contribution in [2.24, 2.45) is 0 Å². The van der Waals surface area contributed by atoms with Gasteiger partial charge in [0.15, 0.2) is 5.65 Å². The molecule has 7 heteroatoms. The molecule has 0 fully saturated rings. The number of imidazole rings is 1. The lowest BCUT2D eigenvalue weighted by Gasteiger charge is -2.10. The maximum atomic E-state index is 12.9. The Labute approximate surface area is 173 Å². The van der Waals surface area contributed by atoms with Gasteiger partial charge in [0.2, 0.25) is 0 Å². The van der Waals surface area contributed by atoms with E-state index in [0.29, 0.717) is 26.1 Å². The Morgan fingerprint density at radius 3 is 2.53 bits per heavy atom. The monoisotopic (exact) mass is 403 g/mol. The number of urea groups is 1. The molecule has 0 atom stereocenters. The standard InChI is InChI=1S/C23H22FN5O/c24-19-10-8-17(9-11-19)15-27-23(30)26-14-12-21-28-20-7-4-13-25-22(20)29(21)16-18-5-2-1-3-6-18/h1-11,13H,12,14-16H2,(H2,26,27,30). The Morgan fingerprint density at radius 2 is 1.73 bits per heavy atom. The summed E-state index contributed by atoms with van der Waals surface area (Å²) in [5, 5.41) is 5.62. The molecule has 2 aromatic carbocycles. The van der Waals surface area contributed by atoms with Gasteiger partial charge in [-0.05, 0) is 35.4 Å². The van der Waals surface area contributed by atoms with E-state index < -0.39 is 0 Å². The molecule has 30 heavy (non-hydrogen) atoms. The number of benzene rings is 2. The van der Waals surface area contributed by atoms with E-state index in [1.807, 2.05) is 30.3 Å². The van der Waals surface area contributed by atoms with E-state index in [9.17, 15) is 9.18 Å². The van der Waals surface area contributed by atoms with E-state index in [4.69, 9.17) is 4.98 Å². The molecule has 2 amide bonds. The molecule has 0 bridgehead atoms. The summed E-state index contributed by atoms with van der Waals surface area (Å²) in [4.78, 5) is 21.3. The molecule has 4 rings (SSSR count). The summed E-state index contributed by atoms with van der Waals surface area (Å²) in [5.74, 6) is 0.572. The third kappa shape index (κ3) is 4.81. The van der Waals surface area contributed by atoms with Gasteiger partial charge in [0.1, 0.15) is 17.2 Å². The number of carbonyl (C=O) groups is 1. The highest BCUT2D eigenvalue weighted by Gasteiger charge is 2.12. The molecule has 0 aliphatic carbocycles. The second-order valence-corrected chi connectivity index (χ2v) is 6.93. The summed E-state index contributed by atoms with van der Waals surface area (Å²) in [6.07, 6.45) is 2.34. The average molecular weight is 403 g/mol. The molecule has 6 nitrogen and oxygen atoms in total. The zero-order valence-corrected chi connectivity index (χ0v) is 16.4. The van der Waals surface area contributed by atoms with Gasteiger partial charge < -0.3 is 15.2 Å². The SMILES string of the molecule is O=C(NCCc1nc2cccnc2n1Cc1ccccc1)NCc1ccc(F)cc1. The molecule has 152 valence electrons. The highest BCUT2D eigenvalue weighted by molar-refractivity contribution is 5.74. The quantitative estimate of drug-likeness (QED) is 0.495. The number of rotatable bonds is 7. The average Bonchev–Trinajstić information content (AvgIpc) is 3.11. The van der Waals surface area contributed by atoms with E-state index in [0.717, 1.165) is 28.1 Å². The van der Waals surface area contributed by atoms with Crippen molar-refractivity contribution in [3.8, 4) is 0 Å². The van der Waals surface area contributed by atoms with Gasteiger partial charge in [-0.3, -0.25) is 0 Å². The van der Waals surface area contributed by atoms with Crippen LogP contribution in [-0.4, -0.2) is 27.1 Å². The van der Waals surface area contributed by atoms with Crippen LogP contribution in [0.3, 0.4) is 0 Å². The van der Waals surface area contributed by atoms with Crippen molar-refractivity contribution in [3.05, 3.63) is 95.7 Å². The Bertz CT molecular complexity index is 1130. The fraction of sp³-hybridized carbons (Fsp3) is 0.174. The Kier molecular flexibility index (Phi) is 5.98. The fourth-order valence-corrected chi connectivity index (χ4v) is 3.26. The van der Waals surface area contributed by atoms with E-state index in [2.05, 4.69) is 32.3 Å². The van der Waals surface area contributed by atoms with Crippen LogP contribution in [0.25, 0.3) is 11.2 Å². The lowest BCUT2D eigenvalue weighted by molar-refractivity contribution is 0.240. The van der Waals surface area contributed by atoms with Gasteiger partial charge in [0.25, 0.3) is 0 Å². The number of hydrogen-bond donors (Lipinski definition) is 2. The van der Waals surface area contributed by atoms with Gasteiger partial charge in [0, 0.05) is 25.7 Å². The largest absolute Gasteiger partial charge is 0.338 e. The molecule has 2 heterocycles. The van der Waals surface area contributed by atoms with Gasteiger partial charge in [-0.1, -0.05) is 42.5 Å². The predicted molar refractivity (Wildman–Crippen MR) is 113 cm³/mol. The van der Waals surface area contributed by atoms with Crippen molar-refractivity contribution in [2.75, 3.05) is 6.54 Å². The smallest absolute Gasteiger partial charge is 0.315 e. The number of halogens is 1. The first-order valence-corrected chi connectivity index (χ1v) is 9.79. The van der Waals surface area contributed by atoms with E-state index in [-0.39, 0.29) is 11.8 Å². The molecule has 0 radical (unpaired) electrons. The zero-order chi connectivity index (χ0) is 20.8. The van der Waals surface area contributed by atoms with Crippen LogP contribution in [-0.2, 0) is 19.5 Å². The molecule has 0 aliphatic heterocycles. The first-order valence-electron chi connectivity index (χ1n) is 9.79. The van der Waals surface area contributed by atoms with Gasteiger partial charge >= 0.3 is 6.03 Å². The number of aromatic nitrogens is 3. The maximum Gasteiger partial charge on any atom is 0.315 e. The summed E-state index contributed by atoms with van der Waals surface area (Å²) >= 11 is 0. The van der Waals surface area contributed by atoms with Gasteiger partial charge in [-0.25, -0.2) is 19.2 Å². The number of hydrogen-bond acceptors (Lipinski definition) is 3. The normalized spacial score (nSPS) is 10.8. The third-order valence-electron chi connectivity index (χ3n) is 4.77. The van der Waals surface area contributed by atoms with Crippen LogP contribution in [0.15, 0.2) is 72.9 Å². The third-order valence-corrected chi connectivity index (χ3v) is 4.77. The number of fused-ring (bicyclic) bond motifs is 1. The zero-order valence-electron chi connectivity index (χ0n) is 16.4. The van der Waals surface area contributed by atoms with Crippen LogP contribution < -0.4 is 10.6 Å². The Morgan fingerprint density at radius 1 is 0.933 bits per heavy atom. The summed E-state index contributed by atoms with van der Waals surface area (Å²) < 4.78 is 15.0. The molecule has 0 saturated carbocycles.